The van der Waals surface area contributed by atoms with E-state index in [-0.39, 0.29) is 6.61 Å². The van der Waals surface area contributed by atoms with Crippen molar-refractivity contribution in [1.82, 2.24) is 10.2 Å². The molecule has 2 saturated carbocycles. The van der Waals surface area contributed by atoms with Crippen molar-refractivity contribution in [2.75, 3.05) is 13.2 Å². The van der Waals surface area contributed by atoms with Crippen molar-refractivity contribution in [2.45, 2.75) is 249 Å². The highest BCUT2D eigenvalue weighted by Crippen LogP contribution is 2.55. The maximum absolute atomic E-state index is 11.5. The molecule has 3 fully saturated rings. The Balaban J connectivity index is 1.16. The third kappa shape index (κ3) is 16.6. The summed E-state index contributed by atoms with van der Waals surface area (Å²) in [6.45, 7) is 6.52. The Morgan fingerprint density at radius 3 is 1.88 bits per heavy atom. The van der Waals surface area contributed by atoms with E-state index >= 15 is 0 Å². The lowest BCUT2D eigenvalue weighted by molar-refractivity contribution is -0.303. The number of aliphatic hydroxyl groups excluding tert-OH is 6. The molecule has 2 heterocycles. The fraction of sp³-hybridized carbons (Fsp3) is 0.938. The van der Waals surface area contributed by atoms with Gasteiger partial charge in [0.2, 0.25) is 0 Å². The van der Waals surface area contributed by atoms with Crippen LogP contribution in [0.2, 0.25) is 0 Å². The third-order valence-corrected chi connectivity index (χ3v) is 14.1. The Morgan fingerprint density at radius 1 is 0.741 bits per heavy atom. The number of fused-ring (bicyclic) bond motifs is 2. The highest BCUT2D eigenvalue weighted by atomic mass is 16.7. The van der Waals surface area contributed by atoms with Crippen molar-refractivity contribution in [3.8, 4) is 0 Å². The van der Waals surface area contributed by atoms with Crippen LogP contribution in [0.15, 0.2) is 6.07 Å². The number of unbranched alkanes of at least 4 members (excludes halogenated alkanes) is 18. The fourth-order valence-electron chi connectivity index (χ4n) is 11.2. The van der Waals surface area contributed by atoms with E-state index in [9.17, 15) is 30.6 Å². The molecule has 2 bridgehead atoms. The Morgan fingerprint density at radius 2 is 1.29 bits per heavy atom. The molecule has 2 aliphatic carbocycles. The molecule has 7 N–H and O–H groups in total. The van der Waals surface area contributed by atoms with Crippen molar-refractivity contribution in [2.24, 2.45) is 23.2 Å². The molecule has 10 heteroatoms. The highest BCUT2D eigenvalue weighted by molar-refractivity contribution is 5.16. The number of nitrogens with one attached hydrogen (secondary N) is 1. The lowest BCUT2D eigenvalue weighted by Crippen LogP contribution is -2.59. The van der Waals surface area contributed by atoms with Gasteiger partial charge in [-0.25, -0.2) is 0 Å². The summed E-state index contributed by atoms with van der Waals surface area (Å²) in [5.41, 5.74) is 2.17. The number of aromatic nitrogens is 2. The lowest BCUT2D eigenvalue weighted by Gasteiger charge is -2.50. The zero-order valence-corrected chi connectivity index (χ0v) is 37.1. The maximum atomic E-state index is 11.5. The number of aromatic amines is 1. The predicted molar refractivity (Wildman–Crippen MR) is 231 cm³/mol. The molecule has 58 heavy (non-hydrogen) atoms. The van der Waals surface area contributed by atoms with Crippen LogP contribution in [0.4, 0.5) is 0 Å². The molecule has 10 atom stereocenters. The summed E-state index contributed by atoms with van der Waals surface area (Å²) in [5.74, 6) is 2.09. The minimum Gasteiger partial charge on any atom is -0.394 e. The molecule has 1 aromatic heterocycles. The molecule has 7 unspecified atom stereocenters. The number of aliphatic hydroxyl groups is 6. The Labute approximate surface area is 352 Å². The number of nitrogens with zero attached hydrogens (tertiary/aromatic N) is 1. The van der Waals surface area contributed by atoms with Crippen molar-refractivity contribution < 1.29 is 40.1 Å². The average molecular weight is 821 g/mol. The van der Waals surface area contributed by atoms with Crippen LogP contribution in [0.1, 0.15) is 211 Å². The summed E-state index contributed by atoms with van der Waals surface area (Å²) >= 11 is 0. The topological polar surface area (TPSA) is 169 Å². The Kier molecular flexibility index (Phi) is 23.1. The molecular formula is C48H88N2O8. The van der Waals surface area contributed by atoms with Gasteiger partial charge in [0, 0.05) is 5.69 Å². The van der Waals surface area contributed by atoms with Gasteiger partial charge >= 0.3 is 0 Å². The van der Waals surface area contributed by atoms with Crippen LogP contribution in [-0.2, 0) is 15.9 Å². The molecule has 1 saturated heterocycles. The van der Waals surface area contributed by atoms with Crippen LogP contribution in [0.5, 0.6) is 0 Å². The number of rotatable bonds is 31. The first-order valence-corrected chi connectivity index (χ1v) is 24.4. The zero-order chi connectivity index (χ0) is 41.8. The van der Waals surface area contributed by atoms with E-state index in [2.05, 4.69) is 31.0 Å². The van der Waals surface area contributed by atoms with Crippen LogP contribution >= 0.6 is 0 Å². The van der Waals surface area contributed by atoms with Gasteiger partial charge in [0.15, 0.2) is 6.29 Å². The maximum Gasteiger partial charge on any atom is 0.186 e. The molecule has 1 aliphatic heterocycles. The van der Waals surface area contributed by atoms with Crippen molar-refractivity contribution >= 4 is 0 Å². The zero-order valence-electron chi connectivity index (χ0n) is 37.1. The van der Waals surface area contributed by atoms with E-state index in [0.29, 0.717) is 17.5 Å². The number of aryl methyl sites for hydroxylation is 1. The van der Waals surface area contributed by atoms with Crippen molar-refractivity contribution in [3.05, 3.63) is 17.5 Å². The summed E-state index contributed by atoms with van der Waals surface area (Å²) in [6, 6.07) is 1.93. The number of H-pyrrole nitrogens is 1. The summed E-state index contributed by atoms with van der Waals surface area (Å²) in [5, 5.41) is 71.0. The molecule has 0 spiro atoms. The van der Waals surface area contributed by atoms with Crippen LogP contribution in [0, 0.1) is 23.2 Å². The first-order valence-electron chi connectivity index (χ1n) is 24.4. The van der Waals surface area contributed by atoms with Crippen LogP contribution in [0.25, 0.3) is 0 Å². The minimum atomic E-state index is -1.56. The monoisotopic (exact) mass is 821 g/mol. The van der Waals surface area contributed by atoms with Crippen LogP contribution in [-0.4, -0.2) is 97.0 Å². The first-order chi connectivity index (χ1) is 28.1. The fourth-order valence-corrected chi connectivity index (χ4v) is 11.2. The summed E-state index contributed by atoms with van der Waals surface area (Å²) < 4.78 is 11.5. The van der Waals surface area contributed by atoms with E-state index in [1.54, 1.807) is 0 Å². The molecule has 338 valence electrons. The SMILES string of the molecule is CCCCCCCCCCCCCC[C@@H](O)[C@@H](O)[C@H](COC1OC(CO)C(O)C(O)C1O)c1cc(CCCCCCCCCCC23CC(C)CC(CC(C)C2)C3)[nH]n1. The molecule has 0 aromatic carbocycles. The van der Waals surface area contributed by atoms with E-state index in [4.69, 9.17) is 9.47 Å². The first kappa shape index (κ1) is 49.5. The molecule has 10 nitrogen and oxygen atoms in total. The number of hydrogen-bond donors (Lipinski definition) is 7. The summed E-state index contributed by atoms with van der Waals surface area (Å²) in [7, 11) is 0. The van der Waals surface area contributed by atoms with Crippen molar-refractivity contribution in [3.63, 3.8) is 0 Å². The van der Waals surface area contributed by atoms with E-state index < -0.39 is 55.4 Å². The van der Waals surface area contributed by atoms with Gasteiger partial charge in [-0.15, -0.1) is 0 Å². The summed E-state index contributed by atoms with van der Waals surface area (Å²) in [4.78, 5) is 0. The van der Waals surface area contributed by atoms with Gasteiger partial charge in [0.25, 0.3) is 0 Å². The van der Waals surface area contributed by atoms with Gasteiger partial charge in [-0.2, -0.15) is 5.10 Å². The average Bonchev–Trinajstić information content (AvgIpc) is 3.66. The Bertz CT molecular complexity index is 1180. The molecule has 0 amide bonds. The molecule has 1 aromatic rings. The standard InChI is InChI=1S/C48H88N2O8/c1-4-5-6-7-8-9-10-11-12-16-19-22-25-41(52)43(53)39(34-57-47-46(56)45(55)44(54)42(33-51)58-47)40-29-38(49-50-40)24-21-18-15-13-14-17-20-23-26-48-30-35(2)27-37(32-48)28-36(3)31-48/h29,35-37,39,41-47,51-56H,4-28,30-34H2,1-3H3,(H,49,50)/t35?,36?,37?,39-,41-,42?,43+,44?,45?,46?,47?,48?/m1/s1. The van der Waals surface area contributed by atoms with Crippen molar-refractivity contribution in [1.29, 1.82) is 0 Å². The number of ether oxygens (including phenoxy) is 2. The highest BCUT2D eigenvalue weighted by Gasteiger charge is 2.45. The second-order valence-electron chi connectivity index (χ2n) is 19.7. The lowest BCUT2D eigenvalue weighted by atomic mass is 9.55. The molecule has 0 radical (unpaired) electrons. The predicted octanol–water partition coefficient (Wildman–Crippen LogP) is 9.03. The molecular weight excluding hydrogens is 733 g/mol. The second-order valence-corrected chi connectivity index (χ2v) is 19.7. The molecule has 3 aliphatic rings. The van der Waals surface area contributed by atoms with E-state index in [0.717, 1.165) is 62.0 Å². The smallest absolute Gasteiger partial charge is 0.186 e. The van der Waals surface area contributed by atoms with Gasteiger partial charge < -0.3 is 40.1 Å². The van der Waals surface area contributed by atoms with E-state index in [1.807, 2.05) is 6.07 Å². The molecule has 4 rings (SSSR count). The van der Waals surface area contributed by atoms with Gasteiger partial charge in [-0.3, -0.25) is 5.10 Å². The largest absolute Gasteiger partial charge is 0.394 e. The van der Waals surface area contributed by atoms with Gasteiger partial charge in [-0.05, 0) is 87.0 Å². The van der Waals surface area contributed by atoms with E-state index in [1.165, 1.54) is 135 Å². The normalized spacial score (nSPS) is 30.4. The van der Waals surface area contributed by atoms with Gasteiger partial charge in [0.05, 0.1) is 37.0 Å². The quantitative estimate of drug-likeness (QED) is 0.0362. The van der Waals surface area contributed by atoms with Crippen LogP contribution < -0.4 is 0 Å². The second kappa shape index (κ2) is 27.1. The minimum absolute atomic E-state index is 0.149. The van der Waals surface area contributed by atoms with Gasteiger partial charge in [0.1, 0.15) is 24.4 Å². The Hall–Kier alpha value is -1.11. The summed E-state index contributed by atoms with van der Waals surface area (Å²) in [6.07, 6.45) is 25.6. The third-order valence-electron chi connectivity index (χ3n) is 14.1. The van der Waals surface area contributed by atoms with Gasteiger partial charge in [-0.1, -0.05) is 143 Å². The number of hydrogen-bond acceptors (Lipinski definition) is 9. The van der Waals surface area contributed by atoms with Crippen LogP contribution in [0.3, 0.4) is 0 Å².